The average Bonchev–Trinajstić information content (AvgIpc) is 2.85. The molecule has 0 saturated carbocycles. The van der Waals surface area contributed by atoms with Crippen molar-refractivity contribution in [2.75, 3.05) is 0 Å². The lowest BCUT2D eigenvalue weighted by Crippen LogP contribution is -1.82. The minimum absolute atomic E-state index is 0.722. The van der Waals surface area contributed by atoms with Crippen molar-refractivity contribution in [3.8, 4) is 11.5 Å². The monoisotopic (exact) mass is 247 g/mol. The van der Waals surface area contributed by atoms with Crippen LogP contribution in [0.5, 0.6) is 0 Å². The Kier molecular flexibility index (Phi) is 8.63. The molecule has 2 nitrogen and oxygen atoms in total. The predicted molar refractivity (Wildman–Crippen MR) is 78.8 cm³/mol. The van der Waals surface area contributed by atoms with Crippen molar-refractivity contribution >= 4 is 0 Å². The highest BCUT2D eigenvalue weighted by atomic mass is 16.4. The molecule has 2 aromatic rings. The summed E-state index contributed by atoms with van der Waals surface area (Å²) in [4.78, 5) is 4.43. The summed E-state index contributed by atoms with van der Waals surface area (Å²) in [6, 6.07) is 9.97. The summed E-state index contributed by atoms with van der Waals surface area (Å²) in [7, 11) is 0. The van der Waals surface area contributed by atoms with Crippen LogP contribution in [0.15, 0.2) is 34.7 Å². The standard InChI is InChI=1S/C12H13NO.2C2H6/c1-3-11-9(2)14-12(13-11)10-7-5-4-6-8-10;2*1-2/h4-8H,3H2,1-2H3;2*1-2H3. The highest BCUT2D eigenvalue weighted by Gasteiger charge is 2.08. The molecule has 100 valence electrons. The van der Waals surface area contributed by atoms with Gasteiger partial charge in [-0.2, -0.15) is 0 Å². The average molecular weight is 247 g/mol. The van der Waals surface area contributed by atoms with Crippen LogP contribution >= 0.6 is 0 Å². The fraction of sp³-hybridized carbons (Fsp3) is 0.438. The van der Waals surface area contributed by atoms with E-state index in [1.807, 2.05) is 65.0 Å². The van der Waals surface area contributed by atoms with E-state index in [9.17, 15) is 0 Å². The van der Waals surface area contributed by atoms with Crippen molar-refractivity contribution in [3.05, 3.63) is 41.8 Å². The molecule has 0 fully saturated rings. The van der Waals surface area contributed by atoms with Gasteiger partial charge in [-0.15, -0.1) is 0 Å². The van der Waals surface area contributed by atoms with Gasteiger partial charge in [-0.3, -0.25) is 0 Å². The summed E-state index contributed by atoms with van der Waals surface area (Å²) in [5.41, 5.74) is 2.08. The normalized spacial score (nSPS) is 8.78. The topological polar surface area (TPSA) is 26.0 Å². The van der Waals surface area contributed by atoms with Gasteiger partial charge in [-0.05, 0) is 25.5 Å². The molecule has 0 aliphatic rings. The summed E-state index contributed by atoms with van der Waals surface area (Å²) >= 11 is 0. The highest BCUT2D eigenvalue weighted by molar-refractivity contribution is 5.53. The van der Waals surface area contributed by atoms with Crippen LogP contribution < -0.4 is 0 Å². The zero-order valence-electron chi connectivity index (χ0n) is 12.4. The van der Waals surface area contributed by atoms with E-state index in [0.717, 1.165) is 29.3 Å². The molecule has 2 rings (SSSR count). The largest absolute Gasteiger partial charge is 0.441 e. The predicted octanol–water partition coefficient (Wildman–Crippen LogP) is 5.26. The Morgan fingerprint density at radius 3 is 2.00 bits per heavy atom. The molecule has 0 aliphatic carbocycles. The minimum atomic E-state index is 0.722. The van der Waals surface area contributed by atoms with Gasteiger partial charge in [0.15, 0.2) is 0 Å². The molecule has 1 aromatic carbocycles. The van der Waals surface area contributed by atoms with E-state index in [4.69, 9.17) is 4.42 Å². The van der Waals surface area contributed by atoms with Gasteiger partial charge < -0.3 is 4.42 Å². The van der Waals surface area contributed by atoms with Gasteiger partial charge in [0, 0.05) is 5.56 Å². The molecular formula is C16H25NO. The van der Waals surface area contributed by atoms with Crippen molar-refractivity contribution in [3.63, 3.8) is 0 Å². The molecule has 0 spiro atoms. The van der Waals surface area contributed by atoms with E-state index in [0.29, 0.717) is 0 Å². The summed E-state index contributed by atoms with van der Waals surface area (Å²) in [5.74, 6) is 1.64. The second-order valence-corrected chi connectivity index (χ2v) is 3.24. The maximum atomic E-state index is 5.58. The third kappa shape index (κ3) is 4.36. The smallest absolute Gasteiger partial charge is 0.226 e. The third-order valence-corrected chi connectivity index (χ3v) is 2.25. The van der Waals surface area contributed by atoms with E-state index in [1.54, 1.807) is 0 Å². The summed E-state index contributed by atoms with van der Waals surface area (Å²) in [5, 5.41) is 0. The number of hydrogen-bond acceptors (Lipinski definition) is 2. The van der Waals surface area contributed by atoms with E-state index in [2.05, 4.69) is 11.9 Å². The maximum absolute atomic E-state index is 5.58. The number of aryl methyl sites for hydroxylation is 2. The zero-order chi connectivity index (χ0) is 14.0. The second-order valence-electron chi connectivity index (χ2n) is 3.24. The van der Waals surface area contributed by atoms with Crippen LogP contribution in [-0.2, 0) is 6.42 Å². The molecule has 1 heterocycles. The Hall–Kier alpha value is -1.57. The summed E-state index contributed by atoms with van der Waals surface area (Å²) < 4.78 is 5.58. The Morgan fingerprint density at radius 2 is 1.56 bits per heavy atom. The molecule has 0 unspecified atom stereocenters. The zero-order valence-corrected chi connectivity index (χ0v) is 12.4. The minimum Gasteiger partial charge on any atom is -0.441 e. The Labute approximate surface area is 111 Å². The quantitative estimate of drug-likeness (QED) is 0.723. The van der Waals surface area contributed by atoms with Gasteiger partial charge >= 0.3 is 0 Å². The van der Waals surface area contributed by atoms with Gasteiger partial charge in [0.1, 0.15) is 5.76 Å². The second kappa shape index (κ2) is 9.46. The van der Waals surface area contributed by atoms with Crippen molar-refractivity contribution in [1.82, 2.24) is 4.98 Å². The molecule has 0 N–H and O–H groups in total. The SMILES string of the molecule is CC.CC.CCc1nc(-c2ccccc2)oc1C. The number of oxazole rings is 1. The van der Waals surface area contributed by atoms with Gasteiger partial charge in [0.2, 0.25) is 5.89 Å². The van der Waals surface area contributed by atoms with Crippen molar-refractivity contribution < 1.29 is 4.42 Å². The lowest BCUT2D eigenvalue weighted by Gasteiger charge is -1.91. The molecule has 0 saturated heterocycles. The van der Waals surface area contributed by atoms with E-state index >= 15 is 0 Å². The van der Waals surface area contributed by atoms with Gasteiger partial charge in [-0.1, -0.05) is 52.8 Å². The lowest BCUT2D eigenvalue weighted by atomic mass is 10.2. The van der Waals surface area contributed by atoms with E-state index < -0.39 is 0 Å². The van der Waals surface area contributed by atoms with Gasteiger partial charge in [0.05, 0.1) is 5.69 Å². The lowest BCUT2D eigenvalue weighted by molar-refractivity contribution is 0.539. The first-order valence-corrected chi connectivity index (χ1v) is 6.83. The van der Waals surface area contributed by atoms with E-state index in [1.165, 1.54) is 0 Å². The van der Waals surface area contributed by atoms with E-state index in [-0.39, 0.29) is 0 Å². The molecule has 0 aliphatic heterocycles. The number of nitrogens with zero attached hydrogens (tertiary/aromatic N) is 1. The molecule has 0 bridgehead atoms. The molecule has 1 aromatic heterocycles. The Balaban J connectivity index is 0.000000659. The van der Waals surface area contributed by atoms with Crippen LogP contribution in [0, 0.1) is 6.92 Å². The fourth-order valence-corrected chi connectivity index (χ4v) is 1.46. The molecule has 2 heteroatoms. The van der Waals surface area contributed by atoms with Crippen molar-refractivity contribution in [2.24, 2.45) is 0 Å². The molecule has 0 radical (unpaired) electrons. The molecule has 0 amide bonds. The Bertz CT molecular complexity index is 418. The van der Waals surface area contributed by atoms with Crippen LogP contribution in [0.2, 0.25) is 0 Å². The fourth-order valence-electron chi connectivity index (χ4n) is 1.46. The van der Waals surface area contributed by atoms with Crippen LogP contribution in [0.4, 0.5) is 0 Å². The van der Waals surface area contributed by atoms with Gasteiger partial charge in [0.25, 0.3) is 0 Å². The number of benzene rings is 1. The first kappa shape index (κ1) is 16.4. The van der Waals surface area contributed by atoms with Crippen LogP contribution in [0.1, 0.15) is 46.1 Å². The molecular weight excluding hydrogens is 222 g/mol. The summed E-state index contributed by atoms with van der Waals surface area (Å²) in [6.45, 7) is 12.0. The van der Waals surface area contributed by atoms with Crippen LogP contribution in [0.3, 0.4) is 0 Å². The van der Waals surface area contributed by atoms with Gasteiger partial charge in [-0.25, -0.2) is 4.98 Å². The van der Waals surface area contributed by atoms with Crippen LogP contribution in [0.25, 0.3) is 11.5 Å². The molecule has 18 heavy (non-hydrogen) atoms. The maximum Gasteiger partial charge on any atom is 0.226 e. The van der Waals surface area contributed by atoms with Crippen molar-refractivity contribution in [1.29, 1.82) is 0 Å². The summed E-state index contributed by atoms with van der Waals surface area (Å²) in [6.07, 6.45) is 0.919. The highest BCUT2D eigenvalue weighted by Crippen LogP contribution is 2.21. The number of aromatic nitrogens is 1. The Morgan fingerprint density at radius 1 is 1.00 bits per heavy atom. The first-order valence-electron chi connectivity index (χ1n) is 6.83. The number of rotatable bonds is 2. The first-order chi connectivity index (χ1) is 8.81. The third-order valence-electron chi connectivity index (χ3n) is 2.25. The number of hydrogen-bond donors (Lipinski definition) is 0. The van der Waals surface area contributed by atoms with Crippen LogP contribution in [-0.4, -0.2) is 4.98 Å². The van der Waals surface area contributed by atoms with Crippen molar-refractivity contribution in [2.45, 2.75) is 48.0 Å². The molecule has 0 atom stereocenters.